The molecular weight excluding hydrogens is 438 g/mol. The van der Waals surface area contributed by atoms with Gasteiger partial charge in [0, 0.05) is 5.39 Å². The first-order valence-electron chi connectivity index (χ1n) is 7.37. The summed E-state index contributed by atoms with van der Waals surface area (Å²) in [5.41, 5.74) is -0.228. The Kier molecular flexibility index (Phi) is 6.79. The number of halogens is 1. The standard InChI is InChI=1S/C16H11FN2O7S2.Na/c17-10-1-3-11(4-2-10)18-19-15-13-6-5-12(27(21,22)23)7-9(13)8-14(16(15)20)28(24,25)26;/h1-8,20H,(H,21,22,23)(H,24,25,26);/q;+1/p-1. The van der Waals surface area contributed by atoms with E-state index in [0.717, 1.165) is 36.4 Å². The third kappa shape index (κ3) is 5.17. The Morgan fingerprint density at radius 3 is 2.10 bits per heavy atom. The predicted molar refractivity (Wildman–Crippen MR) is 94.0 cm³/mol. The van der Waals surface area contributed by atoms with Crippen LogP contribution in [0.15, 0.2) is 68.6 Å². The molecule has 3 rings (SSSR count). The molecule has 0 bridgehead atoms. The SMILES string of the molecule is O=S(=O)([O-])c1ccc2c(N=Nc3ccc(F)cc3)c(O)c(S(=O)(=O)O)cc2c1.[Na+]. The third-order valence-corrected chi connectivity index (χ3v) is 5.38. The van der Waals surface area contributed by atoms with Crippen LogP contribution in [0.4, 0.5) is 15.8 Å². The second-order valence-corrected chi connectivity index (χ2v) is 8.33. The van der Waals surface area contributed by atoms with Gasteiger partial charge in [0.2, 0.25) is 0 Å². The van der Waals surface area contributed by atoms with Crippen molar-refractivity contribution < 1.29 is 65.0 Å². The van der Waals surface area contributed by atoms with Crippen LogP contribution in [0.2, 0.25) is 0 Å². The van der Waals surface area contributed by atoms with E-state index in [-0.39, 0.29) is 46.0 Å². The Hall–Kier alpha value is -1.93. The smallest absolute Gasteiger partial charge is 0.744 e. The number of hydrogen-bond donors (Lipinski definition) is 2. The van der Waals surface area contributed by atoms with Gasteiger partial charge in [-0.2, -0.15) is 13.5 Å². The molecule has 0 aromatic heterocycles. The zero-order chi connectivity index (χ0) is 20.7. The van der Waals surface area contributed by atoms with Gasteiger partial charge in [-0.3, -0.25) is 4.55 Å². The van der Waals surface area contributed by atoms with Crippen LogP contribution >= 0.6 is 0 Å². The number of hydrogen-bond acceptors (Lipinski definition) is 8. The van der Waals surface area contributed by atoms with Gasteiger partial charge in [-0.05, 0) is 47.9 Å². The number of nitrogens with zero attached hydrogens (tertiary/aromatic N) is 2. The van der Waals surface area contributed by atoms with Gasteiger partial charge in [-0.1, -0.05) is 6.07 Å². The largest absolute Gasteiger partial charge is 1.00 e. The number of rotatable bonds is 4. The molecule has 0 amide bonds. The first-order chi connectivity index (χ1) is 13.0. The van der Waals surface area contributed by atoms with Crippen LogP contribution in [0.3, 0.4) is 0 Å². The molecule has 0 saturated heterocycles. The molecule has 29 heavy (non-hydrogen) atoms. The predicted octanol–water partition coefficient (Wildman–Crippen LogP) is 0.255. The summed E-state index contributed by atoms with van der Waals surface area (Å²) < 4.78 is 79.0. The number of phenols is 1. The fraction of sp³-hybridized carbons (Fsp3) is 0. The van der Waals surface area contributed by atoms with E-state index in [9.17, 15) is 35.4 Å². The van der Waals surface area contributed by atoms with Crippen LogP contribution in [-0.2, 0) is 20.2 Å². The van der Waals surface area contributed by atoms with Crippen LogP contribution in [0.25, 0.3) is 10.8 Å². The minimum atomic E-state index is -4.91. The van der Waals surface area contributed by atoms with Gasteiger partial charge < -0.3 is 9.66 Å². The van der Waals surface area contributed by atoms with Gasteiger partial charge in [-0.15, -0.1) is 5.11 Å². The number of azo groups is 1. The zero-order valence-corrected chi connectivity index (χ0v) is 18.3. The van der Waals surface area contributed by atoms with Crippen molar-refractivity contribution in [3.63, 3.8) is 0 Å². The summed E-state index contributed by atoms with van der Waals surface area (Å²) in [4.78, 5) is -1.60. The van der Waals surface area contributed by atoms with Crippen molar-refractivity contribution in [3.8, 4) is 5.75 Å². The van der Waals surface area contributed by atoms with Gasteiger partial charge in [0.15, 0.2) is 5.75 Å². The van der Waals surface area contributed by atoms with E-state index < -0.39 is 47.3 Å². The van der Waals surface area contributed by atoms with Crippen LogP contribution in [0.1, 0.15) is 0 Å². The third-order valence-electron chi connectivity index (χ3n) is 3.68. The summed E-state index contributed by atoms with van der Waals surface area (Å²) in [6.07, 6.45) is 0. The number of fused-ring (bicyclic) bond motifs is 1. The second-order valence-electron chi connectivity index (χ2n) is 5.56. The van der Waals surface area contributed by atoms with Crippen LogP contribution in [-0.4, -0.2) is 31.0 Å². The van der Waals surface area contributed by atoms with Crippen molar-refractivity contribution in [1.29, 1.82) is 0 Å². The van der Waals surface area contributed by atoms with E-state index in [1.807, 2.05) is 0 Å². The average Bonchev–Trinajstić information content (AvgIpc) is 2.60. The van der Waals surface area contributed by atoms with Crippen molar-refractivity contribution in [2.45, 2.75) is 9.79 Å². The summed E-state index contributed by atoms with van der Waals surface area (Å²) in [5, 5.41) is 17.7. The molecule has 0 fully saturated rings. The summed E-state index contributed by atoms with van der Waals surface area (Å²) in [6, 6.07) is 8.51. The molecular formula is C16H10FN2NaO7S2. The molecule has 3 aromatic rings. The Labute approximate surface area is 186 Å². The van der Waals surface area contributed by atoms with E-state index in [4.69, 9.17) is 0 Å². The Morgan fingerprint density at radius 1 is 0.931 bits per heavy atom. The summed E-state index contributed by atoms with van der Waals surface area (Å²) in [6.45, 7) is 0. The molecule has 13 heteroatoms. The summed E-state index contributed by atoms with van der Waals surface area (Å²) in [7, 11) is -9.75. The summed E-state index contributed by atoms with van der Waals surface area (Å²) in [5.74, 6) is -1.45. The summed E-state index contributed by atoms with van der Waals surface area (Å²) >= 11 is 0. The van der Waals surface area contributed by atoms with Gasteiger partial charge in [-0.25, -0.2) is 12.8 Å². The van der Waals surface area contributed by atoms with E-state index in [2.05, 4.69) is 10.2 Å². The molecule has 0 spiro atoms. The minimum Gasteiger partial charge on any atom is -0.744 e. The van der Waals surface area contributed by atoms with E-state index >= 15 is 0 Å². The first kappa shape index (κ1) is 23.3. The first-order valence-corrected chi connectivity index (χ1v) is 10.2. The molecule has 0 aliphatic rings. The van der Waals surface area contributed by atoms with Gasteiger partial charge in [0.1, 0.15) is 26.5 Å². The van der Waals surface area contributed by atoms with Gasteiger partial charge >= 0.3 is 29.6 Å². The average molecular weight is 448 g/mol. The van der Waals surface area contributed by atoms with E-state index in [1.165, 1.54) is 12.1 Å². The molecule has 146 valence electrons. The Balaban J connectivity index is 0.00000300. The molecule has 0 atom stereocenters. The fourth-order valence-electron chi connectivity index (χ4n) is 2.40. The van der Waals surface area contributed by atoms with Crippen molar-refractivity contribution >= 4 is 42.4 Å². The maximum Gasteiger partial charge on any atom is 1.00 e. The monoisotopic (exact) mass is 448 g/mol. The molecule has 3 aromatic carbocycles. The number of benzene rings is 3. The van der Waals surface area contributed by atoms with Crippen molar-refractivity contribution in [2.75, 3.05) is 0 Å². The van der Waals surface area contributed by atoms with Crippen molar-refractivity contribution in [3.05, 3.63) is 54.3 Å². The Morgan fingerprint density at radius 2 is 1.55 bits per heavy atom. The zero-order valence-electron chi connectivity index (χ0n) is 14.6. The molecule has 0 unspecified atom stereocenters. The van der Waals surface area contributed by atoms with Gasteiger partial charge in [0.05, 0.1) is 10.6 Å². The van der Waals surface area contributed by atoms with Crippen LogP contribution in [0, 0.1) is 5.82 Å². The van der Waals surface area contributed by atoms with Crippen LogP contribution in [0.5, 0.6) is 5.75 Å². The quantitative estimate of drug-likeness (QED) is 0.329. The molecule has 0 aliphatic heterocycles. The van der Waals surface area contributed by atoms with E-state index in [1.54, 1.807) is 0 Å². The Bertz CT molecular complexity index is 1330. The molecule has 2 N–H and O–H groups in total. The second kappa shape index (κ2) is 8.44. The normalized spacial score (nSPS) is 12.2. The molecule has 0 saturated carbocycles. The molecule has 0 aliphatic carbocycles. The number of phenolic OH excluding ortho intramolecular Hbond substituents is 1. The van der Waals surface area contributed by atoms with Gasteiger partial charge in [0.25, 0.3) is 10.1 Å². The molecule has 0 heterocycles. The molecule has 0 radical (unpaired) electrons. The van der Waals surface area contributed by atoms with E-state index in [0.29, 0.717) is 0 Å². The molecule has 9 nitrogen and oxygen atoms in total. The minimum absolute atomic E-state index is 0. The van der Waals surface area contributed by atoms with Crippen molar-refractivity contribution in [2.24, 2.45) is 10.2 Å². The topological polar surface area (TPSA) is 157 Å². The fourth-order valence-corrected chi connectivity index (χ4v) is 3.52. The van der Waals surface area contributed by atoms with Crippen LogP contribution < -0.4 is 29.6 Å². The van der Waals surface area contributed by atoms with Crippen molar-refractivity contribution in [1.82, 2.24) is 0 Å². The maximum atomic E-state index is 13.0. The number of aromatic hydroxyl groups is 1. The maximum absolute atomic E-state index is 13.0.